The fourth-order valence-corrected chi connectivity index (χ4v) is 13.4. The number of imidazole rings is 2. The molecule has 0 spiro atoms. The van der Waals surface area contributed by atoms with Gasteiger partial charge >= 0.3 is 0 Å². The van der Waals surface area contributed by atoms with E-state index in [1.54, 1.807) is 0 Å². The van der Waals surface area contributed by atoms with Crippen LogP contribution in [0, 0.1) is 29.6 Å². The summed E-state index contributed by atoms with van der Waals surface area (Å²) < 4.78 is 4.78. The van der Waals surface area contributed by atoms with E-state index in [2.05, 4.69) is 96.6 Å². The Morgan fingerprint density at radius 1 is 0.517 bits per heavy atom. The molecule has 1 saturated carbocycles. The lowest BCUT2D eigenvalue weighted by Gasteiger charge is -2.44. The number of aromatic nitrogens is 6. The Morgan fingerprint density at radius 2 is 1.12 bits per heavy atom. The van der Waals surface area contributed by atoms with E-state index < -0.39 is 0 Å². The molecule has 9 nitrogen and oxygen atoms in total. The van der Waals surface area contributed by atoms with E-state index >= 15 is 0 Å². The highest BCUT2D eigenvalue weighted by Crippen LogP contribution is 2.49. The average molecular weight is 800 g/mol. The van der Waals surface area contributed by atoms with Crippen molar-refractivity contribution in [1.82, 2.24) is 33.6 Å². The Kier molecular flexibility index (Phi) is 9.64. The minimum absolute atomic E-state index is 0.421. The smallest absolute Gasteiger partial charge is 0.138 e. The Balaban J connectivity index is 0.685. The maximum Gasteiger partial charge on any atom is 0.138 e. The Hall–Kier alpha value is -4.76. The normalized spacial score (nSPS) is 26.5. The molecule has 3 aliphatic heterocycles. The summed E-state index contributed by atoms with van der Waals surface area (Å²) in [5.74, 6) is 6.93. The second-order valence-electron chi connectivity index (χ2n) is 19.5. The Bertz CT molecular complexity index is 2300. The number of rotatable bonds is 7. The number of anilines is 2. The van der Waals surface area contributed by atoms with Gasteiger partial charge in [-0.15, -0.1) is 0 Å². The van der Waals surface area contributed by atoms with Crippen molar-refractivity contribution in [2.75, 3.05) is 42.5 Å². The van der Waals surface area contributed by atoms with E-state index in [4.69, 9.17) is 19.9 Å². The number of piperidine rings is 3. The van der Waals surface area contributed by atoms with Gasteiger partial charge in [0.15, 0.2) is 0 Å². The van der Waals surface area contributed by atoms with Crippen LogP contribution in [0.15, 0.2) is 85.5 Å². The summed E-state index contributed by atoms with van der Waals surface area (Å²) in [7, 11) is 0. The number of likely N-dealkylation sites (tertiary alicyclic amines) is 1. The van der Waals surface area contributed by atoms with Gasteiger partial charge in [0, 0.05) is 69.1 Å². The molecule has 6 aromatic heterocycles. The monoisotopic (exact) mass is 800 g/mol. The van der Waals surface area contributed by atoms with Crippen LogP contribution in [0.2, 0.25) is 0 Å². The van der Waals surface area contributed by atoms with E-state index in [0.717, 1.165) is 74.7 Å². The number of fused-ring (bicyclic) bond motifs is 8. The highest BCUT2D eigenvalue weighted by molar-refractivity contribution is 5.54. The summed E-state index contributed by atoms with van der Waals surface area (Å²) >= 11 is 0. The zero-order valence-electron chi connectivity index (χ0n) is 35.3. The molecule has 6 aliphatic rings. The van der Waals surface area contributed by atoms with Gasteiger partial charge in [-0.1, -0.05) is 30.7 Å². The molecule has 310 valence electrons. The molecule has 0 aromatic carbocycles. The molecule has 9 heterocycles. The minimum Gasteiger partial charge on any atom is -0.358 e. The standard InChI is InChI=1S/C51H61N9/c1-7-37-16-17-38-9-4-24-52-49(38)48(37)41(8-1)31-42-33-59-44(54-42)12-2-14-46(59)56-27-20-35(21-28-56)36-22-29-57(30-23-36)47-15-3-13-45-55-43(34-60(45)47)32-58-26-6-11-40-19-18-39-10-5-25-53-50(39)51(40)58/h2-5,9-10,12-15,24-25,33-37,40-41,48,51H,1,6-8,11,16-23,26-32H2/t37?,40-,41?,48?,51-/m0/s1. The van der Waals surface area contributed by atoms with Crippen LogP contribution in [0.1, 0.15) is 116 Å². The molecule has 6 aromatic rings. The molecule has 3 saturated heterocycles. The molecular formula is C51H61N9. The van der Waals surface area contributed by atoms with Crippen molar-refractivity contribution in [2.45, 2.75) is 108 Å². The van der Waals surface area contributed by atoms with Gasteiger partial charge in [0.2, 0.25) is 0 Å². The van der Waals surface area contributed by atoms with Crippen molar-refractivity contribution in [3.8, 4) is 0 Å². The maximum absolute atomic E-state index is 5.25. The number of hydrogen-bond acceptors (Lipinski definition) is 7. The summed E-state index contributed by atoms with van der Waals surface area (Å²) in [4.78, 5) is 28.3. The first-order chi connectivity index (χ1) is 29.7. The van der Waals surface area contributed by atoms with Crippen LogP contribution in [0.25, 0.3) is 11.3 Å². The summed E-state index contributed by atoms with van der Waals surface area (Å²) in [6.45, 7) is 6.52. The third-order valence-electron chi connectivity index (χ3n) is 16.3. The molecule has 3 unspecified atom stereocenters. The van der Waals surface area contributed by atoms with Crippen LogP contribution in [-0.2, 0) is 25.8 Å². The third kappa shape index (κ3) is 6.70. The molecule has 0 amide bonds. The largest absolute Gasteiger partial charge is 0.358 e. The summed E-state index contributed by atoms with van der Waals surface area (Å²) in [5, 5.41) is 0. The van der Waals surface area contributed by atoms with Crippen LogP contribution >= 0.6 is 0 Å². The molecule has 9 heteroatoms. The van der Waals surface area contributed by atoms with Crippen LogP contribution in [0.5, 0.6) is 0 Å². The van der Waals surface area contributed by atoms with Gasteiger partial charge in [0.25, 0.3) is 0 Å². The number of nitrogens with zero attached hydrogens (tertiary/aromatic N) is 9. The topological polar surface area (TPSA) is 70.1 Å². The fraction of sp³-hybridized carbons (Fsp3) is 0.529. The van der Waals surface area contributed by atoms with Gasteiger partial charge in [-0.3, -0.25) is 23.7 Å². The number of hydrogen-bond donors (Lipinski definition) is 0. The van der Waals surface area contributed by atoms with E-state index in [-0.39, 0.29) is 0 Å². The first kappa shape index (κ1) is 37.0. The molecule has 60 heavy (non-hydrogen) atoms. The Labute approximate surface area is 355 Å². The molecule has 12 rings (SSSR count). The van der Waals surface area contributed by atoms with E-state index in [1.807, 2.05) is 12.4 Å². The fourth-order valence-electron chi connectivity index (χ4n) is 13.4. The highest BCUT2D eigenvalue weighted by Gasteiger charge is 2.40. The molecule has 0 bridgehead atoms. The molecule has 0 N–H and O–H groups in total. The second-order valence-corrected chi connectivity index (χ2v) is 19.5. The van der Waals surface area contributed by atoms with Crippen molar-refractivity contribution in [1.29, 1.82) is 0 Å². The lowest BCUT2D eigenvalue weighted by Crippen LogP contribution is -2.41. The SMILES string of the molecule is c1cnc2c(c1)CCC1CCCC(Cc3cn4c(N5CCC(C6CCN(c7cccc8nc(CN9CCC[C@H]%10CCc%11cccnc%11[C@H]%109)cn78)CC6)CC5)cccc4n3)C21. The van der Waals surface area contributed by atoms with E-state index in [9.17, 15) is 0 Å². The van der Waals surface area contributed by atoms with Gasteiger partial charge in [0.1, 0.15) is 22.9 Å². The van der Waals surface area contributed by atoms with Gasteiger partial charge in [-0.2, -0.15) is 0 Å². The van der Waals surface area contributed by atoms with Crippen molar-refractivity contribution >= 4 is 22.9 Å². The van der Waals surface area contributed by atoms with Crippen molar-refractivity contribution in [2.24, 2.45) is 29.6 Å². The van der Waals surface area contributed by atoms with Crippen LogP contribution < -0.4 is 9.80 Å². The van der Waals surface area contributed by atoms with Crippen molar-refractivity contribution < 1.29 is 0 Å². The van der Waals surface area contributed by atoms with Gasteiger partial charge in [0.05, 0.1) is 23.1 Å². The average Bonchev–Trinajstić information content (AvgIpc) is 3.92. The minimum atomic E-state index is 0.421. The number of aryl methyl sites for hydroxylation is 2. The second kappa shape index (κ2) is 15.6. The van der Waals surface area contributed by atoms with Gasteiger partial charge in [-0.25, -0.2) is 9.97 Å². The predicted molar refractivity (Wildman–Crippen MR) is 239 cm³/mol. The van der Waals surface area contributed by atoms with Gasteiger partial charge in [-0.05, 0) is 167 Å². The van der Waals surface area contributed by atoms with E-state index in [1.165, 1.54) is 129 Å². The van der Waals surface area contributed by atoms with Crippen LogP contribution in [0.3, 0.4) is 0 Å². The quantitative estimate of drug-likeness (QED) is 0.159. The maximum atomic E-state index is 5.25. The lowest BCUT2D eigenvalue weighted by molar-refractivity contribution is 0.0687. The van der Waals surface area contributed by atoms with Crippen molar-refractivity contribution in [3.63, 3.8) is 0 Å². The lowest BCUT2D eigenvalue weighted by atomic mass is 9.64. The first-order valence-corrected chi connectivity index (χ1v) is 23.8. The molecular weight excluding hydrogens is 739 g/mol. The molecule has 4 fully saturated rings. The molecule has 3 aliphatic carbocycles. The van der Waals surface area contributed by atoms with Gasteiger partial charge < -0.3 is 9.80 Å². The third-order valence-corrected chi connectivity index (χ3v) is 16.3. The van der Waals surface area contributed by atoms with Crippen LogP contribution in [0.4, 0.5) is 11.6 Å². The highest BCUT2D eigenvalue weighted by atomic mass is 15.3. The first-order valence-electron chi connectivity index (χ1n) is 23.8. The molecule has 0 radical (unpaired) electrons. The Morgan fingerprint density at radius 3 is 1.82 bits per heavy atom. The predicted octanol–water partition coefficient (Wildman–Crippen LogP) is 9.49. The number of pyridine rings is 4. The zero-order chi connectivity index (χ0) is 39.6. The zero-order valence-corrected chi connectivity index (χ0v) is 35.3. The molecule has 5 atom stereocenters. The summed E-state index contributed by atoms with van der Waals surface area (Å²) in [5.41, 5.74) is 10.3. The van der Waals surface area contributed by atoms with Crippen molar-refractivity contribution in [3.05, 3.63) is 119 Å². The summed E-state index contributed by atoms with van der Waals surface area (Å²) in [6, 6.07) is 22.8. The summed E-state index contributed by atoms with van der Waals surface area (Å²) in [6.07, 6.45) is 26.4. The van der Waals surface area contributed by atoms with Crippen LogP contribution in [-0.4, -0.2) is 66.4 Å². The van der Waals surface area contributed by atoms with E-state index in [0.29, 0.717) is 23.8 Å².